The molecule has 3 aliphatic rings. The number of rotatable bonds is 15. The van der Waals surface area contributed by atoms with Gasteiger partial charge in [0.15, 0.2) is 0 Å². The first-order valence-electron chi connectivity index (χ1n) is 24.8. The number of aliphatic carboxylic acids is 3. The van der Waals surface area contributed by atoms with Crippen molar-refractivity contribution in [1.29, 1.82) is 0 Å². The Morgan fingerprint density at radius 1 is 0.440 bits per heavy atom. The molecule has 0 saturated carbocycles. The zero-order valence-electron chi connectivity index (χ0n) is 41.9. The molecule has 0 spiro atoms. The molecule has 384 valence electrons. The highest BCUT2D eigenvalue weighted by atomic mass is 79.9. The van der Waals surface area contributed by atoms with Crippen LogP contribution in [-0.2, 0) is 33.6 Å². The molecule has 0 fully saturated rings. The van der Waals surface area contributed by atoms with Crippen LogP contribution in [-0.4, -0.2) is 33.2 Å². The first-order valence-corrected chi connectivity index (χ1v) is 27.1. The molecule has 3 N–H and O–H groups in total. The Morgan fingerprint density at radius 2 is 0.693 bits per heavy atom. The number of carboxylic acids is 3. The maximum absolute atomic E-state index is 11.0. The summed E-state index contributed by atoms with van der Waals surface area (Å²) < 4.78 is 21.7. The second kappa shape index (κ2) is 27.2. The van der Waals surface area contributed by atoms with Crippen LogP contribution in [0.4, 0.5) is 0 Å². The van der Waals surface area contributed by atoms with Crippen molar-refractivity contribution in [3.63, 3.8) is 0 Å². The third-order valence-corrected chi connectivity index (χ3v) is 14.6. The van der Waals surface area contributed by atoms with Crippen molar-refractivity contribution >= 4 is 65.7 Å². The summed E-state index contributed by atoms with van der Waals surface area (Å²) in [6.07, 6.45) is 6.18. The van der Waals surface area contributed by atoms with Crippen LogP contribution in [0, 0.1) is 35.5 Å². The highest BCUT2D eigenvalue weighted by Crippen LogP contribution is 2.40. The lowest BCUT2D eigenvalue weighted by Crippen LogP contribution is -2.06. The van der Waals surface area contributed by atoms with E-state index in [4.69, 9.17) is 29.5 Å². The molecular weight excluding hydrogens is 1140 g/mol. The predicted octanol–water partition coefficient (Wildman–Crippen LogP) is 15.3. The van der Waals surface area contributed by atoms with Gasteiger partial charge in [0.1, 0.15) is 35.6 Å². The number of hydrogen-bond acceptors (Lipinski definition) is 6. The van der Waals surface area contributed by atoms with Gasteiger partial charge in [-0.05, 0) is 182 Å². The first-order chi connectivity index (χ1) is 36.2. The minimum absolute atomic E-state index is 0.00587. The third-order valence-electron chi connectivity index (χ3n) is 13.2. The molecule has 6 aromatic rings. The normalized spacial score (nSPS) is 16.5. The maximum Gasteiger partial charge on any atom is 0.304 e. The standard InChI is InChI=1S/3C21H19BrO3/c3*1-2-3-15(13-21(23)24)14-4-8-18(9-5-14)25-20-11-6-16-12-17(22)7-10-19(16)20/h3*4-5,7-10,12,15,20H,6,11,13H2,1H3,(H,23,24)/t2*15-,20?;15-,20-/m000/s1. The number of benzene rings is 6. The monoisotopic (exact) mass is 1190 g/mol. The smallest absolute Gasteiger partial charge is 0.304 e. The second-order valence-electron chi connectivity index (χ2n) is 18.3. The number of halogens is 3. The lowest BCUT2D eigenvalue weighted by atomic mass is 9.96. The number of aryl methyl sites for hydroxylation is 3. The molecule has 75 heavy (non-hydrogen) atoms. The number of carboxylic acid groups (broad SMARTS) is 3. The molecule has 3 aliphatic carbocycles. The fourth-order valence-electron chi connectivity index (χ4n) is 9.64. The summed E-state index contributed by atoms with van der Waals surface area (Å²) in [6.45, 7) is 5.17. The topological polar surface area (TPSA) is 140 Å². The van der Waals surface area contributed by atoms with Crippen molar-refractivity contribution in [2.75, 3.05) is 0 Å². The van der Waals surface area contributed by atoms with E-state index in [1.54, 1.807) is 20.8 Å². The SMILES string of the molecule is CC#C[C@@H](CC(=O)O)c1ccc(OC2CCc3cc(Br)ccc32)cc1.CC#C[C@@H](CC(=O)O)c1ccc(OC2CCc3cc(Br)ccc32)cc1.CC#C[C@@H](CC(=O)O)c1ccc(O[C@H]2CCc3cc(Br)ccc32)cc1. The van der Waals surface area contributed by atoms with E-state index in [1.807, 2.05) is 91.0 Å². The molecule has 9 nitrogen and oxygen atoms in total. The van der Waals surface area contributed by atoms with Gasteiger partial charge in [-0.3, -0.25) is 14.4 Å². The Bertz CT molecular complexity index is 2830. The third kappa shape index (κ3) is 15.9. The van der Waals surface area contributed by atoms with Crippen molar-refractivity contribution in [3.8, 4) is 52.8 Å². The Labute approximate surface area is 464 Å². The number of hydrogen-bond donors (Lipinski definition) is 3. The number of carbonyl (C=O) groups is 3. The molecule has 0 aliphatic heterocycles. The Kier molecular flexibility index (Phi) is 20.3. The van der Waals surface area contributed by atoms with E-state index in [9.17, 15) is 14.4 Å². The molecule has 0 saturated heterocycles. The molecule has 0 bridgehead atoms. The van der Waals surface area contributed by atoms with Gasteiger partial charge in [-0.15, -0.1) is 17.8 Å². The van der Waals surface area contributed by atoms with Gasteiger partial charge in [0, 0.05) is 13.4 Å². The predicted molar refractivity (Wildman–Crippen MR) is 302 cm³/mol. The minimum Gasteiger partial charge on any atom is -0.486 e. The summed E-state index contributed by atoms with van der Waals surface area (Å²) in [4.78, 5) is 33.0. The molecule has 0 radical (unpaired) electrons. The van der Waals surface area contributed by atoms with Gasteiger partial charge >= 0.3 is 17.9 Å². The van der Waals surface area contributed by atoms with E-state index in [-0.39, 0.29) is 55.3 Å². The van der Waals surface area contributed by atoms with E-state index in [0.717, 1.165) is 85.9 Å². The van der Waals surface area contributed by atoms with E-state index in [0.29, 0.717) is 0 Å². The van der Waals surface area contributed by atoms with Crippen LogP contribution >= 0.6 is 47.8 Å². The van der Waals surface area contributed by atoms with Gasteiger partial charge in [0.25, 0.3) is 0 Å². The van der Waals surface area contributed by atoms with Crippen LogP contribution in [0.25, 0.3) is 0 Å². The van der Waals surface area contributed by atoms with Gasteiger partial charge in [-0.1, -0.05) is 120 Å². The first kappa shape index (κ1) is 56.0. The van der Waals surface area contributed by atoms with E-state index in [1.165, 1.54) is 33.4 Å². The van der Waals surface area contributed by atoms with Crippen LogP contribution in [0.1, 0.15) is 145 Å². The van der Waals surface area contributed by atoms with Crippen molar-refractivity contribution in [3.05, 3.63) is 191 Å². The lowest BCUT2D eigenvalue weighted by Gasteiger charge is -2.16. The van der Waals surface area contributed by atoms with Crippen LogP contribution in [0.5, 0.6) is 17.2 Å². The van der Waals surface area contributed by atoms with Crippen molar-refractivity contribution < 1.29 is 43.9 Å². The number of ether oxygens (including phenoxy) is 3. The van der Waals surface area contributed by atoms with Crippen LogP contribution in [0.2, 0.25) is 0 Å². The largest absolute Gasteiger partial charge is 0.486 e. The van der Waals surface area contributed by atoms with Gasteiger partial charge in [0.05, 0.1) is 37.0 Å². The highest BCUT2D eigenvalue weighted by Gasteiger charge is 2.27. The summed E-state index contributed by atoms with van der Waals surface area (Å²) in [5.41, 5.74) is 10.4. The van der Waals surface area contributed by atoms with Gasteiger partial charge in [0.2, 0.25) is 0 Å². The molecule has 0 heterocycles. The summed E-state index contributed by atoms with van der Waals surface area (Å²) in [7, 11) is 0. The van der Waals surface area contributed by atoms with Crippen molar-refractivity contribution in [2.45, 2.75) is 115 Å². The molecular formula is C63H57Br3O9. The summed E-state index contributed by atoms with van der Waals surface area (Å²) >= 11 is 10.5. The molecule has 0 amide bonds. The Morgan fingerprint density at radius 3 is 0.920 bits per heavy atom. The zero-order valence-corrected chi connectivity index (χ0v) is 46.6. The van der Waals surface area contributed by atoms with Crippen LogP contribution in [0.15, 0.2) is 141 Å². The average molecular weight is 1200 g/mol. The van der Waals surface area contributed by atoms with Crippen LogP contribution < -0.4 is 14.2 Å². The average Bonchev–Trinajstić information content (AvgIpc) is 4.10. The summed E-state index contributed by atoms with van der Waals surface area (Å²) in [5.74, 6) is 16.3. The maximum atomic E-state index is 11.0. The molecule has 6 atom stereocenters. The lowest BCUT2D eigenvalue weighted by molar-refractivity contribution is -0.138. The number of fused-ring (bicyclic) bond motifs is 3. The Balaban J connectivity index is 0.000000164. The van der Waals surface area contributed by atoms with Crippen molar-refractivity contribution in [2.24, 2.45) is 0 Å². The fourth-order valence-corrected chi connectivity index (χ4v) is 10.9. The van der Waals surface area contributed by atoms with Crippen molar-refractivity contribution in [1.82, 2.24) is 0 Å². The molecule has 6 aromatic carbocycles. The molecule has 0 aromatic heterocycles. The van der Waals surface area contributed by atoms with Gasteiger partial charge < -0.3 is 29.5 Å². The minimum atomic E-state index is -0.846. The zero-order chi connectivity index (χ0) is 53.4. The fraction of sp³-hybridized carbons (Fsp3) is 0.286. The molecule has 9 rings (SSSR count). The molecule has 12 heteroatoms. The van der Waals surface area contributed by atoms with E-state index < -0.39 is 17.9 Å². The van der Waals surface area contributed by atoms with Gasteiger partial charge in [-0.25, -0.2) is 0 Å². The quantitative estimate of drug-likeness (QED) is 0.0858. The summed E-state index contributed by atoms with van der Waals surface area (Å²) in [5, 5.41) is 27.1. The van der Waals surface area contributed by atoms with Gasteiger partial charge in [-0.2, -0.15) is 0 Å². The highest BCUT2D eigenvalue weighted by molar-refractivity contribution is 9.11. The van der Waals surface area contributed by atoms with E-state index in [2.05, 4.69) is 120 Å². The van der Waals surface area contributed by atoms with E-state index >= 15 is 0 Å². The second-order valence-corrected chi connectivity index (χ2v) is 21.1. The summed E-state index contributed by atoms with van der Waals surface area (Å²) in [6, 6.07) is 41.8. The Hall–Kier alpha value is -6.75. The molecule has 2 unspecified atom stereocenters. The van der Waals surface area contributed by atoms with Crippen LogP contribution in [0.3, 0.4) is 0 Å².